The number of fused-ring (bicyclic) bond motifs is 1. The summed E-state index contributed by atoms with van der Waals surface area (Å²) in [6, 6.07) is 4.22. The summed E-state index contributed by atoms with van der Waals surface area (Å²) in [5.41, 5.74) is 2.50. The van der Waals surface area contributed by atoms with Gasteiger partial charge in [0.2, 0.25) is 0 Å². The van der Waals surface area contributed by atoms with Gasteiger partial charge in [0, 0.05) is 17.8 Å². The fourth-order valence-corrected chi connectivity index (χ4v) is 3.10. The van der Waals surface area contributed by atoms with Crippen LogP contribution in [0.2, 0.25) is 0 Å². The van der Waals surface area contributed by atoms with Crippen LogP contribution < -0.4 is 0 Å². The van der Waals surface area contributed by atoms with E-state index in [4.69, 9.17) is 0 Å². The molecule has 3 heterocycles. The van der Waals surface area contributed by atoms with Gasteiger partial charge in [-0.2, -0.15) is 0 Å². The van der Waals surface area contributed by atoms with Crippen LogP contribution in [-0.2, 0) is 0 Å². The molecule has 18 heavy (non-hydrogen) atoms. The van der Waals surface area contributed by atoms with E-state index in [1.165, 1.54) is 49.8 Å². The monoisotopic (exact) mass is 243 g/mol. The van der Waals surface area contributed by atoms with Gasteiger partial charge in [0.15, 0.2) is 0 Å². The van der Waals surface area contributed by atoms with Crippen molar-refractivity contribution in [2.45, 2.75) is 32.1 Å². The molecule has 0 unspecified atom stereocenters. The summed E-state index contributed by atoms with van der Waals surface area (Å²) >= 11 is 0. The largest absolute Gasteiger partial charge is 0.346 e. The van der Waals surface area contributed by atoms with E-state index in [-0.39, 0.29) is 0 Å². The predicted molar refractivity (Wildman–Crippen MR) is 74.8 cm³/mol. The molecule has 3 rings (SSSR count). The first kappa shape index (κ1) is 11.7. The number of likely N-dealkylation sites (tertiary alicyclic amines) is 1. The van der Waals surface area contributed by atoms with Crippen LogP contribution in [0.3, 0.4) is 0 Å². The SMILES string of the molecule is CCCN1CCC(c2c[nH]c3ncccc23)CC1. The minimum absolute atomic E-state index is 0.705. The van der Waals surface area contributed by atoms with Crippen molar-refractivity contribution in [3.63, 3.8) is 0 Å². The van der Waals surface area contributed by atoms with E-state index in [0.29, 0.717) is 5.92 Å². The molecule has 2 aromatic heterocycles. The number of aromatic nitrogens is 2. The van der Waals surface area contributed by atoms with E-state index in [0.717, 1.165) is 5.65 Å². The van der Waals surface area contributed by atoms with Crippen molar-refractivity contribution in [1.29, 1.82) is 0 Å². The third-order valence-electron chi connectivity index (χ3n) is 4.05. The minimum Gasteiger partial charge on any atom is -0.346 e. The van der Waals surface area contributed by atoms with Crippen LogP contribution in [-0.4, -0.2) is 34.5 Å². The zero-order chi connectivity index (χ0) is 12.4. The molecule has 1 aliphatic rings. The third kappa shape index (κ3) is 2.15. The standard InChI is InChI=1S/C15H21N3/c1-2-8-18-9-5-12(6-10-18)14-11-17-15-13(14)4-3-7-16-15/h3-4,7,11-12H,2,5-6,8-10H2,1H3,(H,16,17). The summed E-state index contributed by atoms with van der Waals surface area (Å²) in [5.74, 6) is 0.705. The Kier molecular flexibility index (Phi) is 3.33. The first-order valence-electron chi connectivity index (χ1n) is 7.03. The first-order chi connectivity index (χ1) is 8.88. The molecule has 1 aliphatic heterocycles. The Morgan fingerprint density at radius 3 is 3.00 bits per heavy atom. The lowest BCUT2D eigenvalue weighted by Crippen LogP contribution is -2.33. The molecule has 0 atom stereocenters. The fourth-order valence-electron chi connectivity index (χ4n) is 3.10. The molecule has 0 bridgehead atoms. The molecule has 96 valence electrons. The van der Waals surface area contributed by atoms with Gasteiger partial charge >= 0.3 is 0 Å². The maximum absolute atomic E-state index is 4.38. The molecule has 2 aromatic rings. The van der Waals surface area contributed by atoms with Crippen LogP contribution in [0.4, 0.5) is 0 Å². The Labute approximate surface area is 108 Å². The zero-order valence-corrected chi connectivity index (χ0v) is 11.0. The van der Waals surface area contributed by atoms with Crippen LogP contribution in [0, 0.1) is 0 Å². The highest BCUT2D eigenvalue weighted by Gasteiger charge is 2.22. The number of pyridine rings is 1. The Morgan fingerprint density at radius 2 is 2.22 bits per heavy atom. The van der Waals surface area contributed by atoms with Crippen molar-refractivity contribution in [3.8, 4) is 0 Å². The Bertz CT molecular complexity index is 509. The van der Waals surface area contributed by atoms with Crippen molar-refractivity contribution >= 4 is 11.0 Å². The quantitative estimate of drug-likeness (QED) is 0.898. The zero-order valence-electron chi connectivity index (χ0n) is 11.0. The molecule has 3 nitrogen and oxygen atoms in total. The fraction of sp³-hybridized carbons (Fsp3) is 0.533. The number of piperidine rings is 1. The number of nitrogens with zero attached hydrogens (tertiary/aromatic N) is 2. The van der Waals surface area contributed by atoms with Crippen molar-refractivity contribution in [3.05, 3.63) is 30.1 Å². The molecule has 1 fully saturated rings. The van der Waals surface area contributed by atoms with Crippen LogP contribution in [0.15, 0.2) is 24.5 Å². The second-order valence-corrected chi connectivity index (χ2v) is 5.26. The molecular weight excluding hydrogens is 222 g/mol. The number of rotatable bonds is 3. The van der Waals surface area contributed by atoms with E-state index in [2.05, 4.69) is 34.1 Å². The molecule has 0 aromatic carbocycles. The maximum Gasteiger partial charge on any atom is 0.137 e. The van der Waals surface area contributed by atoms with Crippen LogP contribution in [0.1, 0.15) is 37.7 Å². The Balaban J connectivity index is 1.76. The van der Waals surface area contributed by atoms with E-state index >= 15 is 0 Å². The number of hydrogen-bond acceptors (Lipinski definition) is 2. The minimum atomic E-state index is 0.705. The average Bonchev–Trinajstić information content (AvgIpc) is 2.84. The van der Waals surface area contributed by atoms with Gasteiger partial charge in [0.05, 0.1) is 0 Å². The lowest BCUT2D eigenvalue weighted by Gasteiger charge is -2.31. The van der Waals surface area contributed by atoms with Gasteiger partial charge in [-0.25, -0.2) is 4.98 Å². The first-order valence-corrected chi connectivity index (χ1v) is 7.03. The molecule has 0 amide bonds. The van der Waals surface area contributed by atoms with Crippen molar-refractivity contribution in [2.75, 3.05) is 19.6 Å². The van der Waals surface area contributed by atoms with Crippen molar-refractivity contribution in [1.82, 2.24) is 14.9 Å². The molecule has 1 N–H and O–H groups in total. The molecule has 1 saturated heterocycles. The topological polar surface area (TPSA) is 31.9 Å². The smallest absolute Gasteiger partial charge is 0.137 e. The number of hydrogen-bond donors (Lipinski definition) is 1. The summed E-state index contributed by atoms with van der Waals surface area (Å²) in [6.45, 7) is 6.00. The average molecular weight is 243 g/mol. The Morgan fingerprint density at radius 1 is 1.39 bits per heavy atom. The van der Waals surface area contributed by atoms with Gasteiger partial charge in [-0.1, -0.05) is 6.92 Å². The molecule has 0 saturated carbocycles. The lowest BCUT2D eigenvalue weighted by atomic mass is 9.89. The Hall–Kier alpha value is -1.35. The number of H-pyrrole nitrogens is 1. The summed E-state index contributed by atoms with van der Waals surface area (Å²) in [4.78, 5) is 10.3. The van der Waals surface area contributed by atoms with Gasteiger partial charge in [0.25, 0.3) is 0 Å². The molecule has 0 radical (unpaired) electrons. The van der Waals surface area contributed by atoms with E-state index in [1.54, 1.807) is 0 Å². The normalized spacial score (nSPS) is 18.5. The molecule has 0 spiro atoms. The number of nitrogens with one attached hydrogen (secondary N) is 1. The third-order valence-corrected chi connectivity index (χ3v) is 4.05. The van der Waals surface area contributed by atoms with E-state index in [1.807, 2.05) is 12.3 Å². The lowest BCUT2D eigenvalue weighted by molar-refractivity contribution is 0.213. The predicted octanol–water partition coefficient (Wildman–Crippen LogP) is 3.15. The van der Waals surface area contributed by atoms with Gasteiger partial charge in [-0.3, -0.25) is 0 Å². The van der Waals surface area contributed by atoms with Crippen LogP contribution in [0.5, 0.6) is 0 Å². The summed E-state index contributed by atoms with van der Waals surface area (Å²) in [7, 11) is 0. The molecular formula is C15H21N3. The molecule has 3 heteroatoms. The van der Waals surface area contributed by atoms with E-state index in [9.17, 15) is 0 Å². The highest BCUT2D eigenvalue weighted by Crippen LogP contribution is 2.32. The van der Waals surface area contributed by atoms with Crippen molar-refractivity contribution in [2.24, 2.45) is 0 Å². The van der Waals surface area contributed by atoms with Gasteiger partial charge in [-0.15, -0.1) is 0 Å². The van der Waals surface area contributed by atoms with Crippen LogP contribution in [0.25, 0.3) is 11.0 Å². The molecule has 0 aliphatic carbocycles. The van der Waals surface area contributed by atoms with Gasteiger partial charge < -0.3 is 9.88 Å². The van der Waals surface area contributed by atoms with E-state index < -0.39 is 0 Å². The van der Waals surface area contributed by atoms with Crippen LogP contribution >= 0.6 is 0 Å². The van der Waals surface area contributed by atoms with Crippen molar-refractivity contribution < 1.29 is 0 Å². The second-order valence-electron chi connectivity index (χ2n) is 5.26. The highest BCUT2D eigenvalue weighted by molar-refractivity contribution is 5.80. The van der Waals surface area contributed by atoms with Gasteiger partial charge in [-0.05, 0) is 62.5 Å². The maximum atomic E-state index is 4.38. The summed E-state index contributed by atoms with van der Waals surface area (Å²) in [6.07, 6.45) is 7.84. The number of aromatic amines is 1. The second kappa shape index (κ2) is 5.11. The van der Waals surface area contributed by atoms with Gasteiger partial charge in [0.1, 0.15) is 5.65 Å². The highest BCUT2D eigenvalue weighted by atomic mass is 15.1. The summed E-state index contributed by atoms with van der Waals surface area (Å²) < 4.78 is 0. The summed E-state index contributed by atoms with van der Waals surface area (Å²) in [5, 5.41) is 1.31.